The lowest BCUT2D eigenvalue weighted by atomic mass is 10.1. The van der Waals surface area contributed by atoms with E-state index in [1.807, 2.05) is 12.1 Å². The molecule has 1 aliphatic heterocycles. The van der Waals surface area contributed by atoms with E-state index in [0.717, 1.165) is 18.8 Å². The topological polar surface area (TPSA) is 61.9 Å². The standard InChI is InChI=1S/C19H27N3O3/c1-6-18(23)20-17-10-15(8-9-16(17)19(24)25-7-2)22-11-13(3)21(5)14(4)12-22/h6,8-10,13-14H,1,7,11-12H2,2-5H3,(H,20,23). The predicted octanol–water partition coefficient (Wildman–Crippen LogP) is 2.52. The monoisotopic (exact) mass is 345 g/mol. The van der Waals surface area contributed by atoms with Crippen LogP contribution in [-0.2, 0) is 9.53 Å². The molecular formula is C19H27N3O3. The Bertz CT molecular complexity index is 647. The molecule has 1 fully saturated rings. The van der Waals surface area contributed by atoms with Crippen molar-refractivity contribution in [3.8, 4) is 0 Å². The molecule has 0 radical (unpaired) electrons. The Labute approximate surface area is 149 Å². The number of likely N-dealkylation sites (N-methyl/N-ethyl adjacent to an activating group) is 1. The summed E-state index contributed by atoms with van der Waals surface area (Å²) in [4.78, 5) is 28.5. The first-order chi connectivity index (χ1) is 11.9. The Morgan fingerprint density at radius 1 is 1.32 bits per heavy atom. The Morgan fingerprint density at radius 3 is 2.52 bits per heavy atom. The van der Waals surface area contributed by atoms with Gasteiger partial charge in [-0.05, 0) is 52.1 Å². The quantitative estimate of drug-likeness (QED) is 0.656. The first kappa shape index (κ1) is 19.0. The van der Waals surface area contributed by atoms with Crippen LogP contribution in [0.5, 0.6) is 0 Å². The third-order valence-electron chi connectivity index (χ3n) is 4.67. The maximum atomic E-state index is 12.2. The van der Waals surface area contributed by atoms with E-state index >= 15 is 0 Å². The van der Waals surface area contributed by atoms with Crippen molar-refractivity contribution in [1.29, 1.82) is 0 Å². The zero-order valence-corrected chi connectivity index (χ0v) is 15.4. The number of nitrogens with zero attached hydrogens (tertiary/aromatic N) is 2. The lowest BCUT2D eigenvalue weighted by molar-refractivity contribution is -0.111. The largest absolute Gasteiger partial charge is 0.462 e. The highest BCUT2D eigenvalue weighted by Crippen LogP contribution is 2.27. The van der Waals surface area contributed by atoms with E-state index in [4.69, 9.17) is 4.74 Å². The first-order valence-electron chi connectivity index (χ1n) is 8.58. The molecule has 2 atom stereocenters. The van der Waals surface area contributed by atoms with Crippen LogP contribution in [0.25, 0.3) is 0 Å². The number of rotatable bonds is 5. The zero-order chi connectivity index (χ0) is 18.6. The van der Waals surface area contributed by atoms with Crippen LogP contribution < -0.4 is 10.2 Å². The van der Waals surface area contributed by atoms with Gasteiger partial charge in [0.1, 0.15) is 0 Å². The summed E-state index contributed by atoms with van der Waals surface area (Å²) in [6.45, 7) is 11.6. The van der Waals surface area contributed by atoms with Gasteiger partial charge in [-0.25, -0.2) is 4.79 Å². The second-order valence-corrected chi connectivity index (χ2v) is 6.41. The molecule has 0 bridgehead atoms. The molecule has 1 amide bonds. The second kappa shape index (κ2) is 8.16. The SMILES string of the molecule is C=CC(=O)Nc1cc(N2CC(C)N(C)C(C)C2)ccc1C(=O)OCC. The number of esters is 1. The Morgan fingerprint density at radius 2 is 1.96 bits per heavy atom. The van der Waals surface area contributed by atoms with Gasteiger partial charge in [0.05, 0.1) is 17.9 Å². The number of carbonyl (C=O) groups excluding carboxylic acids is 2. The molecule has 0 saturated carbocycles. The lowest BCUT2D eigenvalue weighted by Gasteiger charge is -2.43. The summed E-state index contributed by atoms with van der Waals surface area (Å²) >= 11 is 0. The fraction of sp³-hybridized carbons (Fsp3) is 0.474. The number of ether oxygens (including phenoxy) is 1. The Balaban J connectivity index is 2.34. The van der Waals surface area contributed by atoms with Gasteiger partial charge in [-0.3, -0.25) is 9.69 Å². The maximum Gasteiger partial charge on any atom is 0.340 e. The van der Waals surface area contributed by atoms with E-state index in [9.17, 15) is 9.59 Å². The number of hydrogen-bond acceptors (Lipinski definition) is 5. The summed E-state index contributed by atoms with van der Waals surface area (Å²) in [6.07, 6.45) is 1.18. The summed E-state index contributed by atoms with van der Waals surface area (Å²) in [6, 6.07) is 6.28. The minimum Gasteiger partial charge on any atom is -0.462 e. The van der Waals surface area contributed by atoms with Crippen molar-refractivity contribution >= 4 is 23.3 Å². The molecule has 6 nitrogen and oxygen atoms in total. The minimum absolute atomic E-state index is 0.281. The molecule has 1 heterocycles. The van der Waals surface area contributed by atoms with Gasteiger partial charge in [0.25, 0.3) is 0 Å². The van der Waals surface area contributed by atoms with Gasteiger partial charge in [-0.15, -0.1) is 0 Å². The Kier molecular flexibility index (Phi) is 6.20. The molecule has 1 saturated heterocycles. The van der Waals surface area contributed by atoms with E-state index in [-0.39, 0.29) is 12.5 Å². The number of anilines is 2. The van der Waals surface area contributed by atoms with E-state index < -0.39 is 5.97 Å². The van der Waals surface area contributed by atoms with Crippen LogP contribution in [0.2, 0.25) is 0 Å². The number of nitrogens with one attached hydrogen (secondary N) is 1. The number of benzene rings is 1. The molecular weight excluding hydrogens is 318 g/mol. The van der Waals surface area contributed by atoms with Gasteiger partial charge in [-0.1, -0.05) is 6.58 Å². The zero-order valence-electron chi connectivity index (χ0n) is 15.4. The molecule has 1 aliphatic rings. The third kappa shape index (κ3) is 4.39. The van der Waals surface area contributed by atoms with Crippen LogP contribution >= 0.6 is 0 Å². The van der Waals surface area contributed by atoms with E-state index in [0.29, 0.717) is 23.3 Å². The molecule has 2 rings (SSSR count). The molecule has 2 unspecified atom stereocenters. The normalized spacial score (nSPS) is 20.9. The predicted molar refractivity (Wildman–Crippen MR) is 100 cm³/mol. The lowest BCUT2D eigenvalue weighted by Crippen LogP contribution is -2.55. The molecule has 1 N–H and O–H groups in total. The third-order valence-corrected chi connectivity index (χ3v) is 4.67. The molecule has 0 aliphatic carbocycles. The van der Waals surface area contributed by atoms with Crippen LogP contribution in [0.3, 0.4) is 0 Å². The Hall–Kier alpha value is -2.34. The smallest absolute Gasteiger partial charge is 0.340 e. The van der Waals surface area contributed by atoms with E-state index in [2.05, 4.69) is 42.6 Å². The number of carbonyl (C=O) groups is 2. The van der Waals surface area contributed by atoms with Gasteiger partial charge in [0, 0.05) is 30.9 Å². The van der Waals surface area contributed by atoms with E-state index in [1.54, 1.807) is 13.0 Å². The number of amides is 1. The van der Waals surface area contributed by atoms with Crippen LogP contribution in [-0.4, -0.2) is 55.6 Å². The van der Waals surface area contributed by atoms with Crippen LogP contribution in [0, 0.1) is 0 Å². The fourth-order valence-electron chi connectivity index (χ4n) is 3.02. The fourth-order valence-corrected chi connectivity index (χ4v) is 3.02. The second-order valence-electron chi connectivity index (χ2n) is 6.41. The summed E-state index contributed by atoms with van der Waals surface area (Å²) < 4.78 is 5.08. The van der Waals surface area contributed by atoms with Crippen molar-refractivity contribution in [3.05, 3.63) is 36.4 Å². The summed E-state index contributed by atoms with van der Waals surface area (Å²) in [7, 11) is 2.13. The first-order valence-corrected chi connectivity index (χ1v) is 8.58. The molecule has 0 spiro atoms. The summed E-state index contributed by atoms with van der Waals surface area (Å²) in [5, 5.41) is 2.72. The molecule has 1 aromatic carbocycles. The van der Waals surface area contributed by atoms with E-state index in [1.165, 1.54) is 6.08 Å². The van der Waals surface area contributed by atoms with Crippen LogP contribution in [0.1, 0.15) is 31.1 Å². The average Bonchev–Trinajstić information content (AvgIpc) is 2.59. The summed E-state index contributed by atoms with van der Waals surface area (Å²) in [5.74, 6) is -0.809. The van der Waals surface area contributed by atoms with Crippen LogP contribution in [0.15, 0.2) is 30.9 Å². The van der Waals surface area contributed by atoms with Gasteiger partial charge < -0.3 is 15.0 Å². The molecule has 136 valence electrons. The average molecular weight is 345 g/mol. The highest BCUT2D eigenvalue weighted by atomic mass is 16.5. The van der Waals surface area contributed by atoms with Gasteiger partial charge in [0.2, 0.25) is 5.91 Å². The highest BCUT2D eigenvalue weighted by molar-refractivity contribution is 6.05. The highest BCUT2D eigenvalue weighted by Gasteiger charge is 2.27. The number of hydrogen-bond donors (Lipinski definition) is 1. The van der Waals surface area contributed by atoms with Crippen molar-refractivity contribution in [2.45, 2.75) is 32.9 Å². The van der Waals surface area contributed by atoms with Crippen molar-refractivity contribution in [3.63, 3.8) is 0 Å². The van der Waals surface area contributed by atoms with Gasteiger partial charge in [0.15, 0.2) is 0 Å². The number of piperazine rings is 1. The van der Waals surface area contributed by atoms with Crippen LogP contribution in [0.4, 0.5) is 11.4 Å². The molecule has 0 aromatic heterocycles. The van der Waals surface area contributed by atoms with Crippen molar-refractivity contribution in [2.75, 3.05) is 37.0 Å². The van der Waals surface area contributed by atoms with Crippen molar-refractivity contribution in [2.24, 2.45) is 0 Å². The van der Waals surface area contributed by atoms with Gasteiger partial charge >= 0.3 is 5.97 Å². The minimum atomic E-state index is -0.450. The van der Waals surface area contributed by atoms with Crippen molar-refractivity contribution < 1.29 is 14.3 Å². The van der Waals surface area contributed by atoms with Crippen molar-refractivity contribution in [1.82, 2.24) is 4.90 Å². The molecule has 6 heteroatoms. The molecule has 25 heavy (non-hydrogen) atoms. The maximum absolute atomic E-state index is 12.2. The van der Waals surface area contributed by atoms with Gasteiger partial charge in [-0.2, -0.15) is 0 Å². The summed E-state index contributed by atoms with van der Waals surface area (Å²) in [5.41, 5.74) is 1.76. The molecule has 1 aromatic rings.